The molecule has 1 aliphatic carbocycles. The van der Waals surface area contributed by atoms with Crippen molar-refractivity contribution in [2.24, 2.45) is 5.10 Å². The zero-order valence-corrected chi connectivity index (χ0v) is 10.4. The summed E-state index contributed by atoms with van der Waals surface area (Å²) in [5.41, 5.74) is 4.17. The quantitative estimate of drug-likeness (QED) is 0.622. The van der Waals surface area contributed by atoms with Crippen LogP contribution in [0.2, 0.25) is 0 Å². The number of carbonyl (C=O) groups excluding carboxylic acids is 1. The second kappa shape index (κ2) is 6.19. The summed E-state index contributed by atoms with van der Waals surface area (Å²) in [6.07, 6.45) is 6.80. The van der Waals surface area contributed by atoms with E-state index in [0.717, 1.165) is 31.4 Å². The van der Waals surface area contributed by atoms with Crippen molar-refractivity contribution >= 4 is 11.6 Å². The van der Waals surface area contributed by atoms with Gasteiger partial charge in [-0.25, -0.2) is 5.43 Å². The monoisotopic (exact) mass is 246 g/mol. The summed E-state index contributed by atoms with van der Waals surface area (Å²) in [5, 5.41) is 13.3. The molecule has 1 aliphatic rings. The largest absolute Gasteiger partial charge is 0.508 e. The van der Waals surface area contributed by atoms with Gasteiger partial charge in [0, 0.05) is 11.3 Å². The maximum Gasteiger partial charge on any atom is 0.271 e. The molecule has 96 valence electrons. The normalized spacial score (nSPS) is 15.9. The summed E-state index contributed by atoms with van der Waals surface area (Å²) in [4.78, 5) is 11.8. The molecule has 2 N–H and O–H groups in total. The number of aromatic hydroxyl groups is 1. The number of amides is 1. The number of carbonyl (C=O) groups is 1. The Morgan fingerprint density at radius 2 is 1.67 bits per heavy atom. The van der Waals surface area contributed by atoms with Crippen LogP contribution >= 0.6 is 0 Å². The Bertz CT molecular complexity index is 428. The zero-order chi connectivity index (χ0) is 12.8. The topological polar surface area (TPSA) is 61.7 Å². The number of nitrogens with zero attached hydrogens (tertiary/aromatic N) is 1. The van der Waals surface area contributed by atoms with Gasteiger partial charge < -0.3 is 5.11 Å². The van der Waals surface area contributed by atoms with Crippen molar-refractivity contribution in [1.29, 1.82) is 0 Å². The van der Waals surface area contributed by atoms with Gasteiger partial charge in [0.15, 0.2) is 0 Å². The fourth-order valence-corrected chi connectivity index (χ4v) is 2.06. The van der Waals surface area contributed by atoms with E-state index in [-0.39, 0.29) is 11.7 Å². The van der Waals surface area contributed by atoms with Crippen molar-refractivity contribution in [3.63, 3.8) is 0 Å². The fourth-order valence-electron chi connectivity index (χ4n) is 2.06. The molecule has 0 atom stereocenters. The van der Waals surface area contributed by atoms with Crippen molar-refractivity contribution in [2.45, 2.75) is 38.5 Å². The first-order chi connectivity index (χ1) is 8.75. The highest BCUT2D eigenvalue weighted by molar-refractivity contribution is 5.95. The molecule has 18 heavy (non-hydrogen) atoms. The molecule has 1 fully saturated rings. The van der Waals surface area contributed by atoms with Crippen LogP contribution in [0.4, 0.5) is 0 Å². The molecule has 0 bridgehead atoms. The number of hydrogen-bond acceptors (Lipinski definition) is 3. The molecule has 1 aromatic rings. The third-order valence-electron chi connectivity index (χ3n) is 3.13. The average Bonchev–Trinajstić information content (AvgIpc) is 2.65. The van der Waals surface area contributed by atoms with E-state index in [1.165, 1.54) is 25.0 Å². The summed E-state index contributed by atoms with van der Waals surface area (Å²) >= 11 is 0. The van der Waals surface area contributed by atoms with E-state index < -0.39 is 0 Å². The first kappa shape index (κ1) is 12.6. The van der Waals surface area contributed by atoms with E-state index in [1.54, 1.807) is 12.1 Å². The lowest BCUT2D eigenvalue weighted by atomic mass is 10.2. The maximum absolute atomic E-state index is 11.8. The zero-order valence-electron chi connectivity index (χ0n) is 10.4. The Balaban J connectivity index is 1.94. The maximum atomic E-state index is 11.8. The predicted octanol–water partition coefficient (Wildman–Crippen LogP) is 2.83. The van der Waals surface area contributed by atoms with Gasteiger partial charge in [-0.2, -0.15) is 5.10 Å². The molecule has 0 aliphatic heterocycles. The van der Waals surface area contributed by atoms with Crippen molar-refractivity contribution in [2.75, 3.05) is 0 Å². The smallest absolute Gasteiger partial charge is 0.271 e. The van der Waals surface area contributed by atoms with Crippen LogP contribution in [0.1, 0.15) is 48.9 Å². The van der Waals surface area contributed by atoms with E-state index in [4.69, 9.17) is 5.11 Å². The molecule has 2 rings (SSSR count). The van der Waals surface area contributed by atoms with Crippen molar-refractivity contribution < 1.29 is 9.90 Å². The standard InChI is InChI=1S/C14H18N2O2/c17-13-9-7-11(8-10-13)14(18)16-15-12-5-3-1-2-4-6-12/h7-10,17H,1-6H2,(H,16,18). The van der Waals surface area contributed by atoms with Crippen molar-refractivity contribution in [3.05, 3.63) is 29.8 Å². The van der Waals surface area contributed by atoms with Gasteiger partial charge >= 0.3 is 0 Å². The van der Waals surface area contributed by atoms with Crippen LogP contribution in [-0.4, -0.2) is 16.7 Å². The average molecular weight is 246 g/mol. The van der Waals surface area contributed by atoms with Gasteiger partial charge in [0.2, 0.25) is 0 Å². The van der Waals surface area contributed by atoms with Gasteiger partial charge in [-0.05, 0) is 49.9 Å². The molecule has 4 nitrogen and oxygen atoms in total. The van der Waals surface area contributed by atoms with Gasteiger partial charge in [0.05, 0.1) is 0 Å². The Hall–Kier alpha value is -1.84. The molecule has 0 unspecified atom stereocenters. The van der Waals surface area contributed by atoms with Crippen molar-refractivity contribution in [3.8, 4) is 5.75 Å². The molecule has 0 spiro atoms. The van der Waals surface area contributed by atoms with Crippen molar-refractivity contribution in [1.82, 2.24) is 5.43 Å². The second-order valence-corrected chi connectivity index (χ2v) is 4.58. The molecular formula is C14H18N2O2. The van der Waals surface area contributed by atoms with Crippen LogP contribution in [0.3, 0.4) is 0 Å². The molecule has 1 aromatic carbocycles. The molecule has 0 saturated heterocycles. The van der Waals surface area contributed by atoms with Crippen LogP contribution in [0.25, 0.3) is 0 Å². The number of phenolic OH excluding ortho intramolecular Hbond substituents is 1. The number of nitrogens with one attached hydrogen (secondary N) is 1. The summed E-state index contributed by atoms with van der Waals surface area (Å²) in [6, 6.07) is 6.15. The minimum absolute atomic E-state index is 0.154. The third-order valence-corrected chi connectivity index (χ3v) is 3.13. The van der Waals surface area contributed by atoms with E-state index in [0.29, 0.717) is 5.56 Å². The lowest BCUT2D eigenvalue weighted by Gasteiger charge is -2.03. The fraction of sp³-hybridized carbons (Fsp3) is 0.429. The number of rotatable bonds is 2. The highest BCUT2D eigenvalue weighted by Gasteiger charge is 2.08. The lowest BCUT2D eigenvalue weighted by molar-refractivity contribution is 0.0954. The summed E-state index contributed by atoms with van der Waals surface area (Å²) in [6.45, 7) is 0. The molecular weight excluding hydrogens is 228 g/mol. The summed E-state index contributed by atoms with van der Waals surface area (Å²) in [7, 11) is 0. The number of hydrogen-bond donors (Lipinski definition) is 2. The van der Waals surface area contributed by atoms with E-state index in [9.17, 15) is 4.79 Å². The summed E-state index contributed by atoms with van der Waals surface area (Å²) < 4.78 is 0. The molecule has 0 heterocycles. The van der Waals surface area contributed by atoms with E-state index in [1.807, 2.05) is 0 Å². The van der Waals surface area contributed by atoms with Crippen LogP contribution in [0, 0.1) is 0 Å². The Morgan fingerprint density at radius 1 is 1.06 bits per heavy atom. The highest BCUT2D eigenvalue weighted by Crippen LogP contribution is 2.14. The van der Waals surface area contributed by atoms with Gasteiger partial charge in [-0.15, -0.1) is 0 Å². The first-order valence-electron chi connectivity index (χ1n) is 6.40. The molecule has 4 heteroatoms. The Morgan fingerprint density at radius 3 is 2.28 bits per heavy atom. The van der Waals surface area contributed by atoms with E-state index in [2.05, 4.69) is 10.5 Å². The van der Waals surface area contributed by atoms with Gasteiger partial charge in [0.25, 0.3) is 5.91 Å². The second-order valence-electron chi connectivity index (χ2n) is 4.58. The van der Waals surface area contributed by atoms with Crippen LogP contribution in [-0.2, 0) is 0 Å². The Labute approximate surface area is 107 Å². The van der Waals surface area contributed by atoms with Crippen LogP contribution in [0.5, 0.6) is 5.75 Å². The predicted molar refractivity (Wildman–Crippen MR) is 70.7 cm³/mol. The first-order valence-corrected chi connectivity index (χ1v) is 6.40. The number of benzene rings is 1. The number of hydrazone groups is 1. The van der Waals surface area contributed by atoms with E-state index >= 15 is 0 Å². The highest BCUT2D eigenvalue weighted by atomic mass is 16.3. The van der Waals surface area contributed by atoms with Crippen LogP contribution in [0.15, 0.2) is 29.4 Å². The summed E-state index contributed by atoms with van der Waals surface area (Å²) in [5.74, 6) is -0.0756. The Kier molecular flexibility index (Phi) is 4.34. The molecule has 0 aromatic heterocycles. The van der Waals surface area contributed by atoms with Gasteiger partial charge in [-0.3, -0.25) is 4.79 Å². The van der Waals surface area contributed by atoms with Gasteiger partial charge in [-0.1, -0.05) is 12.8 Å². The van der Waals surface area contributed by atoms with Gasteiger partial charge in [0.1, 0.15) is 5.75 Å². The minimum Gasteiger partial charge on any atom is -0.508 e. The molecule has 0 radical (unpaired) electrons. The minimum atomic E-state index is -0.230. The third kappa shape index (κ3) is 3.58. The lowest BCUT2D eigenvalue weighted by Crippen LogP contribution is -2.19. The SMILES string of the molecule is O=C(NN=C1CCCCCC1)c1ccc(O)cc1. The molecule has 1 saturated carbocycles. The number of phenols is 1. The molecule has 1 amide bonds. The van der Waals surface area contributed by atoms with Crippen LogP contribution < -0.4 is 5.43 Å².